The van der Waals surface area contributed by atoms with E-state index in [0.717, 1.165) is 12.1 Å². The van der Waals surface area contributed by atoms with Crippen LogP contribution in [0.1, 0.15) is 20.3 Å². The number of ether oxygens (including phenoxy) is 1. The van der Waals surface area contributed by atoms with Gasteiger partial charge in [-0.1, -0.05) is 13.0 Å². The van der Waals surface area contributed by atoms with Crippen molar-refractivity contribution >= 4 is 12.4 Å². The van der Waals surface area contributed by atoms with E-state index in [2.05, 4.69) is 0 Å². The van der Waals surface area contributed by atoms with E-state index < -0.39 is 18.3 Å². The van der Waals surface area contributed by atoms with Gasteiger partial charge in [0.15, 0.2) is 11.6 Å². The average molecular weight is 274 g/mol. The molecule has 0 aliphatic rings. The Hall–Kier alpha value is 0.441. The molecule has 1 aromatic rings. The van der Waals surface area contributed by atoms with Crippen molar-refractivity contribution in [2.75, 3.05) is 0 Å². The molecule has 7 heteroatoms. The predicted octanol–water partition coefficient (Wildman–Crippen LogP) is 0.0614. The van der Waals surface area contributed by atoms with E-state index in [9.17, 15) is 17.3 Å². The maximum atomic E-state index is 13.2. The number of hydrogen-bond acceptors (Lipinski definition) is 1. The normalized spacial score (nSPS) is 12.8. The van der Waals surface area contributed by atoms with Crippen molar-refractivity contribution in [3.8, 4) is 5.75 Å². The summed E-state index contributed by atoms with van der Waals surface area (Å²) < 4.78 is 55.4. The molecule has 90 valence electrons. The second kappa shape index (κ2) is 7.13. The molecule has 0 aliphatic heterocycles. The van der Waals surface area contributed by atoms with Crippen LogP contribution in [0.4, 0.5) is 17.3 Å². The van der Waals surface area contributed by atoms with E-state index in [-0.39, 0.29) is 63.2 Å². The summed E-state index contributed by atoms with van der Waals surface area (Å²) in [6.45, 7) is -1.64. The molecule has 0 spiro atoms. The summed E-state index contributed by atoms with van der Waals surface area (Å²) in [7, 11) is 0. The second-order valence-electron chi connectivity index (χ2n) is 3.60. The summed E-state index contributed by atoms with van der Waals surface area (Å²) >= 11 is 0. The van der Waals surface area contributed by atoms with Crippen molar-refractivity contribution in [1.29, 1.82) is 0 Å². The molecule has 0 bridgehead atoms. The van der Waals surface area contributed by atoms with Crippen LogP contribution in [-0.4, -0.2) is 13.1 Å². The summed E-state index contributed by atoms with van der Waals surface area (Å²) in [5.41, 5.74) is -0.847. The average Bonchev–Trinajstić information content (AvgIpc) is 2.19. The first-order valence-corrected chi connectivity index (χ1v) is 5.00. The van der Waals surface area contributed by atoms with Crippen molar-refractivity contribution in [1.82, 2.24) is 0 Å². The van der Waals surface area contributed by atoms with Crippen molar-refractivity contribution in [2.45, 2.75) is 26.4 Å². The Kier molecular flexibility index (Phi) is 7.32. The van der Waals surface area contributed by atoms with Gasteiger partial charge in [0.25, 0.3) is 0 Å². The summed E-state index contributed by atoms with van der Waals surface area (Å²) in [6.07, 6.45) is 0.284. The maximum absolute atomic E-state index is 13.2. The maximum Gasteiger partial charge on any atom is 1.00 e. The molecule has 0 radical (unpaired) electrons. The second-order valence-corrected chi connectivity index (χ2v) is 3.60. The fourth-order valence-corrected chi connectivity index (χ4v) is 1.11. The molecule has 1 unspecified atom stereocenters. The zero-order valence-electron chi connectivity index (χ0n) is 10.0. The predicted molar refractivity (Wildman–Crippen MR) is 55.5 cm³/mol. The molecule has 1 aromatic carbocycles. The van der Waals surface area contributed by atoms with Gasteiger partial charge in [-0.15, -0.1) is 5.46 Å². The standard InChI is InChI=1S/C10H12BF4O.K/c1-3-7(2)16-10-6-8(11(13,14)15)4-5-9(10)12;/h4-7H,3H2,1-2H3;/q-1;+1. The molecule has 0 N–H and O–H groups in total. The van der Waals surface area contributed by atoms with E-state index in [1.54, 1.807) is 13.8 Å². The first kappa shape index (κ1) is 17.4. The number of halogens is 4. The Morgan fingerprint density at radius 3 is 2.35 bits per heavy atom. The largest absolute Gasteiger partial charge is 1.00 e. The zero-order chi connectivity index (χ0) is 12.3. The van der Waals surface area contributed by atoms with Crippen LogP contribution >= 0.6 is 0 Å². The Labute approximate surface area is 140 Å². The van der Waals surface area contributed by atoms with Gasteiger partial charge in [0.1, 0.15) is 0 Å². The zero-order valence-corrected chi connectivity index (χ0v) is 13.1. The van der Waals surface area contributed by atoms with Gasteiger partial charge in [-0.3, -0.25) is 0 Å². The van der Waals surface area contributed by atoms with Crippen molar-refractivity contribution in [2.24, 2.45) is 0 Å². The summed E-state index contributed by atoms with van der Waals surface area (Å²) in [5.74, 6) is -1.12. The third-order valence-corrected chi connectivity index (χ3v) is 2.24. The van der Waals surface area contributed by atoms with Crippen LogP contribution in [0, 0.1) is 5.82 Å². The number of benzene rings is 1. The van der Waals surface area contributed by atoms with Gasteiger partial charge in [-0.2, -0.15) is 0 Å². The van der Waals surface area contributed by atoms with Crippen LogP contribution in [0.3, 0.4) is 0 Å². The topological polar surface area (TPSA) is 9.23 Å². The van der Waals surface area contributed by atoms with Crippen molar-refractivity contribution in [3.63, 3.8) is 0 Å². The van der Waals surface area contributed by atoms with Crippen LogP contribution < -0.4 is 61.6 Å². The first-order valence-electron chi connectivity index (χ1n) is 5.00. The van der Waals surface area contributed by atoms with E-state index in [4.69, 9.17) is 4.74 Å². The molecule has 0 saturated carbocycles. The minimum atomic E-state index is -5.12. The Balaban J connectivity index is 0.00000256. The molecule has 1 atom stereocenters. The molecule has 17 heavy (non-hydrogen) atoms. The first-order chi connectivity index (χ1) is 7.34. The minimum Gasteiger partial charge on any atom is -0.488 e. The van der Waals surface area contributed by atoms with Gasteiger partial charge in [-0.25, -0.2) is 4.39 Å². The molecule has 1 rings (SSSR count). The van der Waals surface area contributed by atoms with Gasteiger partial charge < -0.3 is 17.7 Å². The van der Waals surface area contributed by atoms with Gasteiger partial charge in [0.05, 0.1) is 6.10 Å². The van der Waals surface area contributed by atoms with Gasteiger partial charge in [0, 0.05) is 0 Å². The monoisotopic (exact) mass is 274 g/mol. The molecule has 0 aliphatic carbocycles. The minimum absolute atomic E-state index is 0. The third kappa shape index (κ3) is 5.30. The molecule has 0 fully saturated rings. The molecule has 0 saturated heterocycles. The van der Waals surface area contributed by atoms with Gasteiger partial charge in [0.2, 0.25) is 0 Å². The van der Waals surface area contributed by atoms with Crippen LogP contribution in [0.25, 0.3) is 0 Å². The van der Waals surface area contributed by atoms with Crippen molar-refractivity contribution < 1.29 is 73.5 Å². The van der Waals surface area contributed by atoms with Crippen molar-refractivity contribution in [3.05, 3.63) is 24.0 Å². The summed E-state index contributed by atoms with van der Waals surface area (Å²) in [6, 6.07) is 2.21. The smallest absolute Gasteiger partial charge is 0.488 e. The third-order valence-electron chi connectivity index (χ3n) is 2.24. The SMILES string of the molecule is CCC(C)Oc1cc([B-](F)(F)F)ccc1F.[K+]. The summed E-state index contributed by atoms with van der Waals surface area (Å²) in [4.78, 5) is 0. The van der Waals surface area contributed by atoms with E-state index >= 15 is 0 Å². The number of rotatable bonds is 4. The molecule has 0 amide bonds. The van der Waals surface area contributed by atoms with Crippen LogP contribution in [0.2, 0.25) is 0 Å². The van der Waals surface area contributed by atoms with Crippen LogP contribution in [0.5, 0.6) is 5.75 Å². The molecular formula is C10H12BF4KO. The summed E-state index contributed by atoms with van der Waals surface area (Å²) in [5, 5.41) is 0. The van der Waals surface area contributed by atoms with E-state index in [1.807, 2.05) is 0 Å². The van der Waals surface area contributed by atoms with Crippen LogP contribution in [-0.2, 0) is 0 Å². The Morgan fingerprint density at radius 2 is 1.88 bits per heavy atom. The molecular weight excluding hydrogens is 262 g/mol. The van der Waals surface area contributed by atoms with E-state index in [0.29, 0.717) is 12.5 Å². The van der Waals surface area contributed by atoms with E-state index in [1.165, 1.54) is 0 Å². The van der Waals surface area contributed by atoms with Crippen LogP contribution in [0.15, 0.2) is 18.2 Å². The molecule has 0 aromatic heterocycles. The quantitative estimate of drug-likeness (QED) is 0.557. The fourth-order valence-electron chi connectivity index (χ4n) is 1.11. The fraction of sp³-hybridized carbons (Fsp3) is 0.400. The Bertz CT molecular complexity index is 370. The number of hydrogen-bond donors (Lipinski definition) is 0. The van der Waals surface area contributed by atoms with Gasteiger partial charge >= 0.3 is 58.4 Å². The molecule has 0 heterocycles. The van der Waals surface area contributed by atoms with Gasteiger partial charge in [-0.05, 0) is 25.5 Å². The Morgan fingerprint density at radius 1 is 1.29 bits per heavy atom. The molecule has 1 nitrogen and oxygen atoms in total.